The lowest BCUT2D eigenvalue weighted by molar-refractivity contribution is -0.141. The monoisotopic (exact) mass is 589 g/mol. The van der Waals surface area contributed by atoms with Crippen molar-refractivity contribution in [3.63, 3.8) is 0 Å². The molecule has 1 aromatic carbocycles. The number of hydrogen-bond acceptors (Lipinski definition) is 7. The van der Waals surface area contributed by atoms with Gasteiger partial charge in [-0.25, -0.2) is 9.18 Å². The predicted octanol–water partition coefficient (Wildman–Crippen LogP) is 5.31. The van der Waals surface area contributed by atoms with E-state index in [9.17, 15) is 23.6 Å². The van der Waals surface area contributed by atoms with Crippen LogP contribution in [0.1, 0.15) is 83.6 Å². The van der Waals surface area contributed by atoms with Crippen molar-refractivity contribution in [1.29, 1.82) is 0 Å². The molecule has 2 amide bonds. The van der Waals surface area contributed by atoms with Crippen LogP contribution in [0.4, 0.5) is 9.18 Å². The van der Waals surface area contributed by atoms with Crippen molar-refractivity contribution in [2.75, 3.05) is 46.6 Å². The summed E-state index contributed by atoms with van der Waals surface area (Å²) in [5, 5.41) is 0. The number of benzene rings is 1. The van der Waals surface area contributed by atoms with Crippen molar-refractivity contribution < 1.29 is 37.8 Å². The van der Waals surface area contributed by atoms with E-state index in [1.807, 2.05) is 25.7 Å². The summed E-state index contributed by atoms with van der Waals surface area (Å²) in [4.78, 5) is 54.5. The van der Waals surface area contributed by atoms with E-state index in [2.05, 4.69) is 0 Å². The largest absolute Gasteiger partial charge is 0.491 e. The van der Waals surface area contributed by atoms with Gasteiger partial charge in [-0.15, -0.1) is 0 Å². The highest BCUT2D eigenvalue weighted by Crippen LogP contribution is 2.30. The third kappa shape index (κ3) is 10.6. The number of esters is 1. The molecule has 234 valence electrons. The Morgan fingerprint density at radius 1 is 0.976 bits per heavy atom. The maximum Gasteiger partial charge on any atom is 0.410 e. The molecule has 42 heavy (non-hydrogen) atoms. The molecule has 0 N–H and O–H groups in total. The number of carbonyl (C=O) groups excluding carboxylic acids is 4. The molecule has 0 saturated carbocycles. The van der Waals surface area contributed by atoms with Crippen molar-refractivity contribution >= 4 is 23.8 Å². The number of hydrogen-bond donors (Lipinski definition) is 0. The number of piperidine rings is 2. The second-order valence-electron chi connectivity index (χ2n) is 12.4. The fourth-order valence-electron chi connectivity index (χ4n) is 5.68. The van der Waals surface area contributed by atoms with Crippen molar-refractivity contribution in [2.45, 2.75) is 83.7 Å². The van der Waals surface area contributed by atoms with E-state index in [4.69, 9.17) is 14.2 Å². The van der Waals surface area contributed by atoms with Crippen molar-refractivity contribution in [3.05, 3.63) is 29.8 Å². The molecule has 0 radical (unpaired) electrons. The summed E-state index contributed by atoms with van der Waals surface area (Å²) < 4.78 is 28.1. The van der Waals surface area contributed by atoms with Gasteiger partial charge in [0.2, 0.25) is 5.91 Å². The number of nitrogens with zero attached hydrogens (tertiary/aromatic N) is 2. The summed E-state index contributed by atoms with van der Waals surface area (Å²) in [5.41, 5.74) is 0.289. The minimum Gasteiger partial charge on any atom is -0.491 e. The minimum atomic E-state index is -0.586. The van der Waals surface area contributed by atoms with Gasteiger partial charge >= 0.3 is 12.1 Å². The molecule has 1 unspecified atom stereocenters. The molecule has 0 spiro atoms. The van der Waals surface area contributed by atoms with Gasteiger partial charge in [0, 0.05) is 50.9 Å². The molecule has 3 rings (SSSR count). The van der Waals surface area contributed by atoms with Crippen molar-refractivity contribution in [3.8, 4) is 5.75 Å². The van der Waals surface area contributed by atoms with Crippen LogP contribution in [0, 0.1) is 11.8 Å². The van der Waals surface area contributed by atoms with Crippen LogP contribution in [-0.4, -0.2) is 85.7 Å². The van der Waals surface area contributed by atoms with Gasteiger partial charge in [0.1, 0.15) is 30.4 Å². The van der Waals surface area contributed by atoms with E-state index in [-0.39, 0.29) is 49.1 Å². The molecular formula is C32H47FN2O7. The molecule has 0 aliphatic carbocycles. The quantitative estimate of drug-likeness (QED) is 0.305. The SMILES string of the molecule is COC(=O)CC(CC(=O)[C@@H]1CCCN(C(=O)CCC2CCN(C(=O)OC(C)(C)C)CC2)C1)c1ccc(OCC[18F])cc1. The van der Waals surface area contributed by atoms with Gasteiger partial charge in [0.15, 0.2) is 0 Å². The number of rotatable bonds is 12. The first-order chi connectivity index (χ1) is 20.0. The minimum absolute atomic E-state index is 0.0340. The highest BCUT2D eigenvalue weighted by atomic mass is 18.2. The molecule has 2 aliphatic heterocycles. The molecule has 2 saturated heterocycles. The number of methoxy groups -OCH3 is 1. The summed E-state index contributed by atoms with van der Waals surface area (Å²) >= 11 is 0. The summed E-state index contributed by atoms with van der Waals surface area (Å²) in [7, 11) is 1.32. The Labute approximate surface area is 249 Å². The molecule has 10 heteroatoms. The number of carbonyl (C=O) groups is 4. The Kier molecular flexibility index (Phi) is 12.6. The van der Waals surface area contributed by atoms with E-state index < -0.39 is 18.2 Å². The Hall–Kier alpha value is -3.17. The molecule has 9 nitrogen and oxygen atoms in total. The smallest absolute Gasteiger partial charge is 0.410 e. The number of Topliss-reactive ketones (excluding diaryl/α,β-unsaturated/α-hetero) is 1. The van der Waals surface area contributed by atoms with Crippen LogP contribution in [-0.2, 0) is 23.9 Å². The van der Waals surface area contributed by atoms with E-state index in [0.717, 1.165) is 31.2 Å². The lowest BCUT2D eigenvalue weighted by atomic mass is 9.84. The highest BCUT2D eigenvalue weighted by Gasteiger charge is 2.32. The summed E-state index contributed by atoms with van der Waals surface area (Å²) in [6, 6.07) is 7.01. The highest BCUT2D eigenvalue weighted by molar-refractivity contribution is 5.84. The molecule has 0 bridgehead atoms. The van der Waals surface area contributed by atoms with E-state index in [1.165, 1.54) is 7.11 Å². The predicted molar refractivity (Wildman–Crippen MR) is 156 cm³/mol. The second-order valence-corrected chi connectivity index (χ2v) is 12.4. The van der Waals surface area contributed by atoms with Crippen LogP contribution in [0.5, 0.6) is 5.75 Å². The number of likely N-dealkylation sites (tertiary alicyclic amines) is 2. The van der Waals surface area contributed by atoms with E-state index in [1.54, 1.807) is 29.2 Å². The second kappa shape index (κ2) is 15.9. The number of alkyl halides is 1. The van der Waals surface area contributed by atoms with Gasteiger partial charge in [-0.3, -0.25) is 14.4 Å². The first kappa shape index (κ1) is 33.3. The third-order valence-corrected chi connectivity index (χ3v) is 8.05. The Morgan fingerprint density at radius 2 is 1.67 bits per heavy atom. The van der Waals surface area contributed by atoms with Crippen molar-refractivity contribution in [2.24, 2.45) is 11.8 Å². The van der Waals surface area contributed by atoms with Crippen LogP contribution in [0.3, 0.4) is 0 Å². The number of ketones is 1. The van der Waals surface area contributed by atoms with Crippen LogP contribution in [0.15, 0.2) is 24.3 Å². The van der Waals surface area contributed by atoms with Gasteiger partial charge in [-0.05, 0) is 76.5 Å². The first-order valence-corrected chi connectivity index (χ1v) is 15.1. The average molecular weight is 590 g/mol. The van der Waals surface area contributed by atoms with Crippen LogP contribution in [0.25, 0.3) is 0 Å². The third-order valence-electron chi connectivity index (χ3n) is 8.05. The zero-order valence-electron chi connectivity index (χ0n) is 25.6. The van der Waals surface area contributed by atoms with Crippen molar-refractivity contribution in [1.82, 2.24) is 9.80 Å². The van der Waals surface area contributed by atoms with Gasteiger partial charge in [0.05, 0.1) is 13.5 Å². The van der Waals surface area contributed by atoms with Crippen LogP contribution < -0.4 is 4.74 Å². The Balaban J connectivity index is 1.49. The number of halogens is 1. The fraction of sp³-hybridized carbons (Fsp3) is 0.688. The molecule has 2 aliphatic rings. The fourth-order valence-corrected chi connectivity index (χ4v) is 5.68. The Bertz CT molecular complexity index is 1050. The van der Waals surface area contributed by atoms with Crippen LogP contribution >= 0.6 is 0 Å². The first-order valence-electron chi connectivity index (χ1n) is 15.1. The molecule has 0 aromatic heterocycles. The van der Waals surface area contributed by atoms with Gasteiger partial charge < -0.3 is 24.0 Å². The van der Waals surface area contributed by atoms with Gasteiger partial charge in [-0.2, -0.15) is 0 Å². The number of ether oxygens (including phenoxy) is 3. The molecule has 2 atom stereocenters. The van der Waals surface area contributed by atoms with Gasteiger partial charge in [-0.1, -0.05) is 12.1 Å². The lowest BCUT2D eigenvalue weighted by Gasteiger charge is -2.35. The van der Waals surface area contributed by atoms with Gasteiger partial charge in [0.25, 0.3) is 0 Å². The number of amides is 2. The van der Waals surface area contributed by atoms with E-state index in [0.29, 0.717) is 50.7 Å². The normalized spacial score (nSPS) is 18.7. The van der Waals surface area contributed by atoms with E-state index >= 15 is 0 Å². The average Bonchev–Trinajstić information content (AvgIpc) is 2.98. The zero-order valence-corrected chi connectivity index (χ0v) is 25.6. The molecule has 2 fully saturated rings. The molecule has 1 aromatic rings. The summed E-state index contributed by atoms with van der Waals surface area (Å²) in [5.74, 6) is -0.0317. The maximum absolute atomic E-state index is 13.4. The maximum atomic E-state index is 13.4. The zero-order chi connectivity index (χ0) is 30.7. The summed E-state index contributed by atoms with van der Waals surface area (Å²) in [6.07, 6.45) is 4.32. The standard InChI is InChI=1S/C32H47FN2O7/c1-32(2,3)42-31(39)34-17-13-23(14-18-34)7-12-29(37)35-16-5-6-25(22-35)28(36)20-26(21-30(38)40-4)24-8-10-27(11-9-24)41-19-15-33/h8-11,23,25-26H,5-7,12-22H2,1-4H3/t25-,26?/m1/s1/i33-1. The summed E-state index contributed by atoms with van der Waals surface area (Å²) in [6.45, 7) is 7.26. The lowest BCUT2D eigenvalue weighted by Crippen LogP contribution is -2.43. The molecular weight excluding hydrogens is 542 g/mol. The van der Waals surface area contributed by atoms with Crippen LogP contribution in [0.2, 0.25) is 0 Å². The topological polar surface area (TPSA) is 102 Å². The molecule has 2 heterocycles. The Morgan fingerprint density at radius 3 is 2.29 bits per heavy atom.